The highest BCUT2D eigenvalue weighted by Gasteiger charge is 2.10. The van der Waals surface area contributed by atoms with Crippen LogP contribution in [-0.4, -0.2) is 5.78 Å². The van der Waals surface area contributed by atoms with Crippen LogP contribution in [0.5, 0.6) is 0 Å². The van der Waals surface area contributed by atoms with E-state index in [-0.39, 0.29) is 5.78 Å². The van der Waals surface area contributed by atoms with Crippen molar-refractivity contribution in [3.63, 3.8) is 0 Å². The van der Waals surface area contributed by atoms with E-state index in [9.17, 15) is 4.79 Å². The Bertz CT molecular complexity index is 489. The van der Waals surface area contributed by atoms with E-state index in [1.807, 2.05) is 11.4 Å². The molecule has 0 fully saturated rings. The molecule has 0 aromatic carbocycles. The molecule has 2 aromatic rings. The molecule has 0 saturated carbocycles. The molecule has 5 heteroatoms. The molecule has 2 rings (SSSR count). The first-order valence-electron chi connectivity index (χ1n) is 4.15. The normalized spacial score (nSPS) is 10.5. The molecule has 0 saturated heterocycles. The lowest BCUT2D eigenvalue weighted by atomic mass is 10.1. The topological polar surface area (TPSA) is 17.1 Å². The second kappa shape index (κ2) is 4.78. The Morgan fingerprint density at radius 1 is 1.33 bits per heavy atom. The third-order valence-corrected chi connectivity index (χ3v) is 4.63. The maximum Gasteiger partial charge on any atom is 0.168 e. The highest BCUT2D eigenvalue weighted by atomic mass is 79.9. The summed E-state index contributed by atoms with van der Waals surface area (Å²) in [6, 6.07) is 3.69. The lowest BCUT2D eigenvalue weighted by molar-refractivity contribution is 0.0994. The van der Waals surface area contributed by atoms with Crippen molar-refractivity contribution in [1.29, 1.82) is 0 Å². The van der Waals surface area contributed by atoms with Gasteiger partial charge in [-0.15, -0.1) is 22.7 Å². The van der Waals surface area contributed by atoms with Gasteiger partial charge in [-0.25, -0.2) is 0 Å². The summed E-state index contributed by atoms with van der Waals surface area (Å²) >= 11 is 12.1. The van der Waals surface area contributed by atoms with Gasteiger partial charge >= 0.3 is 0 Å². The fourth-order valence-electron chi connectivity index (χ4n) is 1.16. The van der Waals surface area contributed by atoms with Crippen molar-refractivity contribution in [2.24, 2.45) is 0 Å². The van der Waals surface area contributed by atoms with E-state index < -0.39 is 0 Å². The van der Waals surface area contributed by atoms with Crippen LogP contribution >= 0.6 is 50.2 Å². The summed E-state index contributed by atoms with van der Waals surface area (Å²) in [7, 11) is 0. The van der Waals surface area contributed by atoms with E-state index in [1.165, 1.54) is 11.3 Å². The summed E-state index contributed by atoms with van der Waals surface area (Å²) in [6.45, 7) is 0. The maximum absolute atomic E-state index is 11.8. The third kappa shape index (κ3) is 2.91. The number of carbonyl (C=O) groups is 1. The van der Waals surface area contributed by atoms with Gasteiger partial charge in [0, 0.05) is 32.1 Å². The van der Waals surface area contributed by atoms with Gasteiger partial charge in [0.25, 0.3) is 0 Å². The molecule has 0 atom stereocenters. The van der Waals surface area contributed by atoms with Gasteiger partial charge in [-0.05, 0) is 28.1 Å². The smallest absolute Gasteiger partial charge is 0.168 e. The first-order valence-corrected chi connectivity index (χ1v) is 7.08. The number of ketones is 1. The van der Waals surface area contributed by atoms with Crippen LogP contribution < -0.4 is 0 Å². The summed E-state index contributed by atoms with van der Waals surface area (Å²) in [6.07, 6.45) is 0.448. The van der Waals surface area contributed by atoms with Crippen LogP contribution in [0, 0.1) is 0 Å². The van der Waals surface area contributed by atoms with Crippen molar-refractivity contribution in [3.8, 4) is 0 Å². The molecular weight excluding hydrogens is 316 g/mol. The van der Waals surface area contributed by atoms with Gasteiger partial charge < -0.3 is 0 Å². The Hall–Kier alpha value is -0.160. The van der Waals surface area contributed by atoms with Crippen LogP contribution in [0.15, 0.2) is 27.4 Å². The molecule has 15 heavy (non-hydrogen) atoms. The standard InChI is InChI=1S/C10H6BrClOS2/c11-7-2-8(14-5-7)3-9(13)6-1-10(12)15-4-6/h1-2,4-5H,3H2. The second-order valence-corrected chi connectivity index (χ2v) is 6.42. The van der Waals surface area contributed by atoms with Crippen molar-refractivity contribution in [2.45, 2.75) is 6.42 Å². The number of thiophene rings is 2. The Morgan fingerprint density at radius 2 is 2.13 bits per heavy atom. The van der Waals surface area contributed by atoms with E-state index in [4.69, 9.17) is 11.6 Å². The first-order chi connectivity index (χ1) is 7.15. The largest absolute Gasteiger partial charge is 0.294 e. The van der Waals surface area contributed by atoms with Gasteiger partial charge in [0.05, 0.1) is 4.34 Å². The average molecular weight is 322 g/mol. The molecule has 0 spiro atoms. The Kier molecular flexibility index (Phi) is 3.61. The second-order valence-electron chi connectivity index (χ2n) is 2.97. The van der Waals surface area contributed by atoms with E-state index in [0.29, 0.717) is 16.3 Å². The maximum atomic E-state index is 11.8. The Morgan fingerprint density at radius 3 is 2.67 bits per heavy atom. The molecule has 0 aliphatic heterocycles. The van der Waals surface area contributed by atoms with E-state index in [0.717, 1.165) is 9.35 Å². The molecule has 0 aliphatic carbocycles. The zero-order valence-corrected chi connectivity index (χ0v) is 11.5. The molecule has 2 heterocycles. The molecule has 78 valence electrons. The molecular formula is C10H6BrClOS2. The van der Waals surface area contributed by atoms with E-state index >= 15 is 0 Å². The van der Waals surface area contributed by atoms with Gasteiger partial charge in [-0.1, -0.05) is 11.6 Å². The van der Waals surface area contributed by atoms with Crippen molar-refractivity contribution in [1.82, 2.24) is 0 Å². The van der Waals surface area contributed by atoms with E-state index in [2.05, 4.69) is 15.9 Å². The van der Waals surface area contributed by atoms with Crippen molar-refractivity contribution in [3.05, 3.63) is 42.1 Å². The highest BCUT2D eigenvalue weighted by Crippen LogP contribution is 2.24. The SMILES string of the molecule is O=C(Cc1cc(Br)cs1)c1csc(Cl)c1. The highest BCUT2D eigenvalue weighted by molar-refractivity contribution is 9.10. The quantitative estimate of drug-likeness (QED) is 0.752. The Balaban J connectivity index is 2.10. The minimum Gasteiger partial charge on any atom is -0.294 e. The van der Waals surface area contributed by atoms with Gasteiger partial charge in [-0.2, -0.15) is 0 Å². The number of rotatable bonds is 3. The average Bonchev–Trinajstić information content (AvgIpc) is 2.75. The zero-order chi connectivity index (χ0) is 10.8. The fourth-order valence-corrected chi connectivity index (χ4v) is 3.50. The minimum absolute atomic E-state index is 0.118. The molecule has 0 N–H and O–H groups in total. The molecule has 0 radical (unpaired) electrons. The summed E-state index contributed by atoms with van der Waals surface area (Å²) in [5.41, 5.74) is 0.703. The number of carbonyl (C=O) groups excluding carboxylic acids is 1. The lowest BCUT2D eigenvalue weighted by Gasteiger charge is -1.93. The van der Waals surface area contributed by atoms with Crippen molar-refractivity contribution < 1.29 is 4.79 Å². The summed E-state index contributed by atoms with van der Waals surface area (Å²) in [5.74, 6) is 0.118. The zero-order valence-electron chi connectivity index (χ0n) is 7.50. The summed E-state index contributed by atoms with van der Waals surface area (Å²) in [5, 5.41) is 3.77. The predicted octanol–water partition coefficient (Wildman–Crippen LogP) is 4.65. The molecule has 0 bridgehead atoms. The van der Waals surface area contributed by atoms with E-state index in [1.54, 1.807) is 22.8 Å². The number of hydrogen-bond donors (Lipinski definition) is 0. The number of halogens is 2. The predicted molar refractivity (Wildman–Crippen MR) is 69.4 cm³/mol. The number of Topliss-reactive ketones (excluding diaryl/α,β-unsaturated/α-hetero) is 1. The fraction of sp³-hybridized carbons (Fsp3) is 0.100. The molecule has 1 nitrogen and oxygen atoms in total. The molecule has 2 aromatic heterocycles. The summed E-state index contributed by atoms with van der Waals surface area (Å²) in [4.78, 5) is 12.8. The Labute approximate surface area is 109 Å². The third-order valence-electron chi connectivity index (χ3n) is 1.85. The number of hydrogen-bond acceptors (Lipinski definition) is 3. The summed E-state index contributed by atoms with van der Waals surface area (Å²) < 4.78 is 1.68. The molecule has 0 amide bonds. The van der Waals surface area contributed by atoms with Gasteiger partial charge in [0.1, 0.15) is 0 Å². The first kappa shape index (κ1) is 11.3. The van der Waals surface area contributed by atoms with Gasteiger partial charge in [0.15, 0.2) is 5.78 Å². The van der Waals surface area contributed by atoms with Crippen LogP contribution in [0.3, 0.4) is 0 Å². The van der Waals surface area contributed by atoms with Crippen LogP contribution in [0.4, 0.5) is 0 Å². The minimum atomic E-state index is 0.118. The van der Waals surface area contributed by atoms with Crippen LogP contribution in [0.1, 0.15) is 15.2 Å². The molecule has 0 unspecified atom stereocenters. The van der Waals surface area contributed by atoms with Gasteiger partial charge in [0.2, 0.25) is 0 Å². The van der Waals surface area contributed by atoms with Crippen molar-refractivity contribution >= 4 is 56.0 Å². The van der Waals surface area contributed by atoms with Crippen LogP contribution in [-0.2, 0) is 6.42 Å². The van der Waals surface area contributed by atoms with Crippen LogP contribution in [0.25, 0.3) is 0 Å². The lowest BCUT2D eigenvalue weighted by Crippen LogP contribution is -1.99. The monoisotopic (exact) mass is 320 g/mol. The van der Waals surface area contributed by atoms with Crippen molar-refractivity contribution in [2.75, 3.05) is 0 Å². The van der Waals surface area contributed by atoms with Crippen LogP contribution in [0.2, 0.25) is 4.34 Å². The molecule has 0 aliphatic rings. The van der Waals surface area contributed by atoms with Gasteiger partial charge in [-0.3, -0.25) is 4.79 Å².